The first-order chi connectivity index (χ1) is 7.28. The van der Waals surface area contributed by atoms with Gasteiger partial charge in [0.1, 0.15) is 0 Å². The highest BCUT2D eigenvalue weighted by Crippen LogP contribution is 2.13. The Morgan fingerprint density at radius 2 is 2.47 bits per heavy atom. The Morgan fingerprint density at radius 1 is 1.60 bits per heavy atom. The van der Waals surface area contributed by atoms with Gasteiger partial charge in [0.25, 0.3) is 0 Å². The highest BCUT2D eigenvalue weighted by atomic mass is 16.1. The fourth-order valence-electron chi connectivity index (χ4n) is 2.06. The van der Waals surface area contributed by atoms with Crippen LogP contribution in [0.25, 0.3) is 0 Å². The molecular weight excluding hydrogens is 190 g/mol. The van der Waals surface area contributed by atoms with E-state index in [0.717, 1.165) is 37.3 Å². The zero-order valence-corrected chi connectivity index (χ0v) is 9.05. The van der Waals surface area contributed by atoms with Crippen LogP contribution in [0.5, 0.6) is 0 Å². The molecule has 0 saturated carbocycles. The van der Waals surface area contributed by atoms with Crippen LogP contribution < -0.4 is 11.0 Å². The van der Waals surface area contributed by atoms with Gasteiger partial charge in [-0.3, -0.25) is 0 Å². The van der Waals surface area contributed by atoms with Crippen LogP contribution in [0.2, 0.25) is 0 Å². The lowest BCUT2D eigenvalue weighted by atomic mass is 10.0. The van der Waals surface area contributed by atoms with Gasteiger partial charge in [0, 0.05) is 11.4 Å². The Bertz CT molecular complexity index is 380. The molecule has 1 aromatic heterocycles. The maximum atomic E-state index is 11.3. The molecule has 0 amide bonds. The van der Waals surface area contributed by atoms with Gasteiger partial charge in [0.15, 0.2) is 0 Å². The third-order valence-corrected chi connectivity index (χ3v) is 2.89. The first-order valence-electron chi connectivity index (χ1n) is 5.57. The SMILES string of the molecule is CCc1cc(CC2CCNC2)[nH]c(=O)n1. The summed E-state index contributed by atoms with van der Waals surface area (Å²) in [4.78, 5) is 18.0. The van der Waals surface area contributed by atoms with Gasteiger partial charge in [-0.05, 0) is 44.3 Å². The average Bonchev–Trinajstić information content (AvgIpc) is 2.69. The van der Waals surface area contributed by atoms with E-state index in [9.17, 15) is 4.79 Å². The van der Waals surface area contributed by atoms with Crippen molar-refractivity contribution in [3.05, 3.63) is 27.9 Å². The van der Waals surface area contributed by atoms with Crippen LogP contribution in [0.4, 0.5) is 0 Å². The first kappa shape index (κ1) is 10.4. The van der Waals surface area contributed by atoms with Gasteiger partial charge < -0.3 is 10.3 Å². The van der Waals surface area contributed by atoms with Crippen molar-refractivity contribution in [3.63, 3.8) is 0 Å². The minimum Gasteiger partial charge on any atom is -0.316 e. The van der Waals surface area contributed by atoms with Gasteiger partial charge in [0.2, 0.25) is 0 Å². The Balaban J connectivity index is 2.12. The molecule has 1 atom stereocenters. The summed E-state index contributed by atoms with van der Waals surface area (Å²) in [5.74, 6) is 0.660. The summed E-state index contributed by atoms with van der Waals surface area (Å²) in [5.41, 5.74) is 1.70. The topological polar surface area (TPSA) is 57.8 Å². The predicted molar refractivity (Wildman–Crippen MR) is 58.9 cm³/mol. The van der Waals surface area contributed by atoms with Crippen LogP contribution >= 0.6 is 0 Å². The molecule has 1 aliphatic rings. The maximum Gasteiger partial charge on any atom is 0.345 e. The van der Waals surface area contributed by atoms with E-state index >= 15 is 0 Å². The minimum atomic E-state index is -0.213. The highest BCUT2D eigenvalue weighted by molar-refractivity contribution is 5.09. The van der Waals surface area contributed by atoms with E-state index < -0.39 is 0 Å². The molecule has 82 valence electrons. The van der Waals surface area contributed by atoms with Gasteiger partial charge >= 0.3 is 5.69 Å². The quantitative estimate of drug-likeness (QED) is 0.758. The average molecular weight is 207 g/mol. The van der Waals surface area contributed by atoms with E-state index in [4.69, 9.17) is 0 Å². The molecule has 2 rings (SSSR count). The molecular formula is C11H17N3O. The number of hydrogen-bond acceptors (Lipinski definition) is 3. The molecule has 0 aliphatic carbocycles. The van der Waals surface area contributed by atoms with Gasteiger partial charge in [-0.15, -0.1) is 0 Å². The molecule has 2 N–H and O–H groups in total. The Hall–Kier alpha value is -1.16. The van der Waals surface area contributed by atoms with Crippen molar-refractivity contribution in [2.24, 2.45) is 5.92 Å². The second-order valence-electron chi connectivity index (χ2n) is 4.12. The lowest BCUT2D eigenvalue weighted by Crippen LogP contribution is -2.18. The number of aromatic nitrogens is 2. The monoisotopic (exact) mass is 207 g/mol. The lowest BCUT2D eigenvalue weighted by Gasteiger charge is -2.08. The van der Waals surface area contributed by atoms with Crippen molar-refractivity contribution in [3.8, 4) is 0 Å². The van der Waals surface area contributed by atoms with E-state index in [1.54, 1.807) is 0 Å². The molecule has 1 saturated heterocycles. The Morgan fingerprint density at radius 3 is 3.13 bits per heavy atom. The molecule has 1 aliphatic heterocycles. The minimum absolute atomic E-state index is 0.213. The maximum absolute atomic E-state index is 11.3. The van der Waals surface area contributed by atoms with Crippen molar-refractivity contribution in [1.82, 2.24) is 15.3 Å². The molecule has 0 aromatic carbocycles. The normalized spacial score (nSPS) is 20.7. The number of aromatic amines is 1. The summed E-state index contributed by atoms with van der Waals surface area (Å²) in [6.07, 6.45) is 2.98. The van der Waals surface area contributed by atoms with Crippen LogP contribution in [0.3, 0.4) is 0 Å². The van der Waals surface area contributed by atoms with E-state index in [1.807, 2.05) is 13.0 Å². The molecule has 1 aromatic rings. The van der Waals surface area contributed by atoms with E-state index in [-0.39, 0.29) is 5.69 Å². The Kier molecular flexibility index (Phi) is 3.16. The number of nitrogens with zero attached hydrogens (tertiary/aromatic N) is 1. The molecule has 15 heavy (non-hydrogen) atoms. The Labute approximate surface area is 89.1 Å². The number of rotatable bonds is 3. The van der Waals surface area contributed by atoms with Crippen molar-refractivity contribution in [1.29, 1.82) is 0 Å². The molecule has 4 heteroatoms. The summed E-state index contributed by atoms with van der Waals surface area (Å²) < 4.78 is 0. The number of H-pyrrole nitrogens is 1. The summed E-state index contributed by atoms with van der Waals surface area (Å²) in [5, 5.41) is 3.33. The van der Waals surface area contributed by atoms with Gasteiger partial charge in [-0.2, -0.15) is 4.98 Å². The second-order valence-corrected chi connectivity index (χ2v) is 4.12. The molecule has 1 unspecified atom stereocenters. The van der Waals surface area contributed by atoms with Crippen LogP contribution in [0, 0.1) is 5.92 Å². The summed E-state index contributed by atoms with van der Waals surface area (Å²) in [6, 6.07) is 2.01. The zero-order chi connectivity index (χ0) is 10.7. The van der Waals surface area contributed by atoms with Gasteiger partial charge in [-0.1, -0.05) is 6.92 Å². The number of nitrogens with one attached hydrogen (secondary N) is 2. The second kappa shape index (κ2) is 4.57. The van der Waals surface area contributed by atoms with Crippen molar-refractivity contribution < 1.29 is 0 Å². The number of hydrogen-bond donors (Lipinski definition) is 2. The molecule has 0 bridgehead atoms. The van der Waals surface area contributed by atoms with Crippen molar-refractivity contribution in [2.75, 3.05) is 13.1 Å². The van der Waals surface area contributed by atoms with E-state index in [0.29, 0.717) is 5.92 Å². The highest BCUT2D eigenvalue weighted by Gasteiger charge is 2.15. The van der Waals surface area contributed by atoms with E-state index in [2.05, 4.69) is 15.3 Å². The fraction of sp³-hybridized carbons (Fsp3) is 0.636. The summed E-state index contributed by atoms with van der Waals surface area (Å²) in [7, 11) is 0. The molecule has 4 nitrogen and oxygen atoms in total. The lowest BCUT2D eigenvalue weighted by molar-refractivity contribution is 0.568. The van der Waals surface area contributed by atoms with E-state index in [1.165, 1.54) is 6.42 Å². The zero-order valence-electron chi connectivity index (χ0n) is 9.05. The van der Waals surface area contributed by atoms with Crippen LogP contribution in [-0.4, -0.2) is 23.1 Å². The largest absolute Gasteiger partial charge is 0.345 e. The van der Waals surface area contributed by atoms with Crippen LogP contribution in [0.15, 0.2) is 10.9 Å². The summed E-state index contributed by atoms with van der Waals surface area (Å²) >= 11 is 0. The smallest absolute Gasteiger partial charge is 0.316 e. The molecule has 1 fully saturated rings. The van der Waals surface area contributed by atoms with Crippen LogP contribution in [0.1, 0.15) is 24.7 Å². The third kappa shape index (κ3) is 2.65. The molecule has 0 radical (unpaired) electrons. The molecule has 0 spiro atoms. The standard InChI is InChI=1S/C11H17N3O/c1-2-9-6-10(14-11(15)13-9)5-8-3-4-12-7-8/h6,8,12H,2-5,7H2,1H3,(H,13,14,15). The third-order valence-electron chi connectivity index (χ3n) is 2.89. The summed E-state index contributed by atoms with van der Waals surface area (Å²) in [6.45, 7) is 4.18. The van der Waals surface area contributed by atoms with Crippen molar-refractivity contribution in [2.45, 2.75) is 26.2 Å². The fourth-order valence-corrected chi connectivity index (χ4v) is 2.06. The first-order valence-corrected chi connectivity index (χ1v) is 5.57. The predicted octanol–water partition coefficient (Wildman–Crippen LogP) is 0.484. The van der Waals surface area contributed by atoms with Crippen LogP contribution in [-0.2, 0) is 12.8 Å². The molecule has 2 heterocycles. The van der Waals surface area contributed by atoms with Crippen molar-refractivity contribution >= 4 is 0 Å². The van der Waals surface area contributed by atoms with Gasteiger partial charge in [0.05, 0.1) is 0 Å². The van der Waals surface area contributed by atoms with Gasteiger partial charge in [-0.25, -0.2) is 4.79 Å². The number of aryl methyl sites for hydroxylation is 1.